The minimum absolute atomic E-state index is 0.0358. The third-order valence-corrected chi connectivity index (χ3v) is 2.96. The lowest BCUT2D eigenvalue weighted by Gasteiger charge is -2.00. The number of aromatic nitrogens is 1. The number of aromatic amines is 1. The molecule has 0 aliphatic carbocycles. The highest BCUT2D eigenvalue weighted by Crippen LogP contribution is 2.23. The van der Waals surface area contributed by atoms with E-state index in [1.165, 1.54) is 12.1 Å². The van der Waals surface area contributed by atoms with Crippen molar-refractivity contribution in [2.45, 2.75) is 13.3 Å². The fourth-order valence-electron chi connectivity index (χ4n) is 2.13. The Hall–Kier alpha value is -2.57. The van der Waals surface area contributed by atoms with Gasteiger partial charge in [-0.25, -0.2) is 4.39 Å². The smallest absolute Gasteiger partial charge is 0.218 e. The van der Waals surface area contributed by atoms with Gasteiger partial charge in [-0.3, -0.25) is 4.99 Å². The molecule has 0 atom stereocenters. The molecule has 7 N–H and O–H groups in total. The van der Waals surface area contributed by atoms with Gasteiger partial charge in [0, 0.05) is 23.1 Å². The van der Waals surface area contributed by atoms with Crippen LogP contribution in [0.5, 0.6) is 0 Å². The number of halogens is 1. The number of nitrogens with one attached hydrogen (secondary N) is 1. The van der Waals surface area contributed by atoms with Gasteiger partial charge in [-0.2, -0.15) is 4.99 Å². The molecule has 2 rings (SSSR count). The fraction of sp³-hybridized carbons (Fsp3) is 0.231. The zero-order valence-electron chi connectivity index (χ0n) is 11.2. The van der Waals surface area contributed by atoms with Gasteiger partial charge < -0.3 is 22.2 Å². The van der Waals surface area contributed by atoms with Crippen molar-refractivity contribution < 1.29 is 4.39 Å². The summed E-state index contributed by atoms with van der Waals surface area (Å²) in [5, 5.41) is 0.859. The summed E-state index contributed by atoms with van der Waals surface area (Å²) in [6.45, 7) is 2.36. The van der Waals surface area contributed by atoms with Crippen LogP contribution in [0.3, 0.4) is 0 Å². The molecule has 6 nitrogen and oxygen atoms in total. The van der Waals surface area contributed by atoms with Gasteiger partial charge in [0.2, 0.25) is 5.96 Å². The van der Waals surface area contributed by atoms with Crippen molar-refractivity contribution in [3.05, 3.63) is 35.3 Å². The first kappa shape index (κ1) is 13.9. The van der Waals surface area contributed by atoms with Crippen molar-refractivity contribution in [1.29, 1.82) is 0 Å². The molecule has 20 heavy (non-hydrogen) atoms. The van der Waals surface area contributed by atoms with Crippen LogP contribution in [0.15, 0.2) is 28.2 Å². The molecule has 0 saturated heterocycles. The second-order valence-corrected chi connectivity index (χ2v) is 4.45. The normalized spacial score (nSPS) is 11.8. The first-order valence-electron chi connectivity index (χ1n) is 6.13. The molecule has 106 valence electrons. The van der Waals surface area contributed by atoms with Gasteiger partial charge in [0.25, 0.3) is 0 Å². The number of aryl methyl sites for hydroxylation is 1. The zero-order chi connectivity index (χ0) is 14.7. The molecule has 0 radical (unpaired) electrons. The number of nitrogens with two attached hydrogens (primary N) is 3. The first-order valence-corrected chi connectivity index (χ1v) is 6.13. The molecule has 7 heteroatoms. The highest BCUT2D eigenvalue weighted by Gasteiger charge is 2.08. The minimum atomic E-state index is -0.263. The van der Waals surface area contributed by atoms with Crippen molar-refractivity contribution in [3.63, 3.8) is 0 Å². The Labute approximate surface area is 115 Å². The van der Waals surface area contributed by atoms with Crippen LogP contribution in [-0.2, 0) is 6.42 Å². The molecule has 2 aromatic rings. The number of H-pyrrole nitrogens is 1. The van der Waals surface area contributed by atoms with Crippen molar-refractivity contribution in [3.8, 4) is 0 Å². The lowest BCUT2D eigenvalue weighted by molar-refractivity contribution is 0.629. The maximum absolute atomic E-state index is 13.3. The molecule has 0 amide bonds. The van der Waals surface area contributed by atoms with Gasteiger partial charge >= 0.3 is 0 Å². The number of nitrogens with zero attached hydrogens (tertiary/aromatic N) is 2. The van der Waals surface area contributed by atoms with Crippen LogP contribution >= 0.6 is 0 Å². The van der Waals surface area contributed by atoms with E-state index in [9.17, 15) is 4.39 Å². The lowest BCUT2D eigenvalue weighted by Crippen LogP contribution is -2.26. The molecule has 0 saturated carbocycles. The van der Waals surface area contributed by atoms with Gasteiger partial charge in [-0.1, -0.05) is 0 Å². The quantitative estimate of drug-likeness (QED) is 0.489. The van der Waals surface area contributed by atoms with Gasteiger partial charge in [-0.15, -0.1) is 0 Å². The molecule has 1 aromatic carbocycles. The Kier molecular flexibility index (Phi) is 3.88. The van der Waals surface area contributed by atoms with Crippen molar-refractivity contribution in [2.75, 3.05) is 6.54 Å². The van der Waals surface area contributed by atoms with Crippen LogP contribution in [0.25, 0.3) is 10.9 Å². The van der Waals surface area contributed by atoms with Gasteiger partial charge in [0.1, 0.15) is 5.82 Å². The van der Waals surface area contributed by atoms with Crippen LogP contribution in [0.4, 0.5) is 4.39 Å². The molecule has 1 heterocycles. The lowest BCUT2D eigenvalue weighted by atomic mass is 10.1. The molecular weight excluding hydrogens is 259 g/mol. The summed E-state index contributed by atoms with van der Waals surface area (Å²) >= 11 is 0. The van der Waals surface area contributed by atoms with E-state index < -0.39 is 0 Å². The summed E-state index contributed by atoms with van der Waals surface area (Å²) in [5.41, 5.74) is 18.8. The van der Waals surface area contributed by atoms with E-state index >= 15 is 0 Å². The average Bonchev–Trinajstić information content (AvgIpc) is 2.65. The Balaban J connectivity index is 2.20. The molecular formula is C13H17FN6. The summed E-state index contributed by atoms with van der Waals surface area (Å²) in [6.07, 6.45) is 0.621. The number of hydrogen-bond donors (Lipinski definition) is 4. The summed E-state index contributed by atoms with van der Waals surface area (Å²) in [7, 11) is 0. The monoisotopic (exact) mass is 276 g/mol. The van der Waals surface area contributed by atoms with Crippen LogP contribution in [0.2, 0.25) is 0 Å². The van der Waals surface area contributed by atoms with E-state index in [0.717, 1.165) is 22.2 Å². The van der Waals surface area contributed by atoms with Crippen molar-refractivity contribution in [2.24, 2.45) is 27.2 Å². The predicted molar refractivity (Wildman–Crippen MR) is 79.0 cm³/mol. The summed E-state index contributed by atoms with van der Waals surface area (Å²) in [6, 6.07) is 4.66. The maximum Gasteiger partial charge on any atom is 0.218 e. The second-order valence-electron chi connectivity index (χ2n) is 4.45. The fourth-order valence-corrected chi connectivity index (χ4v) is 2.13. The molecule has 0 spiro atoms. The van der Waals surface area contributed by atoms with Crippen molar-refractivity contribution >= 4 is 22.8 Å². The SMILES string of the molecule is Cc1[nH]c2ccc(F)cc2c1CCN=C(N)N=C(N)N. The number of benzene rings is 1. The minimum Gasteiger partial charge on any atom is -0.370 e. The number of hydrogen-bond acceptors (Lipinski definition) is 1. The number of aliphatic imine (C=N–C) groups is 2. The summed E-state index contributed by atoms with van der Waals surface area (Å²) in [5.74, 6) is -0.355. The zero-order valence-corrected chi connectivity index (χ0v) is 11.2. The third kappa shape index (κ3) is 3.05. The molecule has 0 bridgehead atoms. The van der Waals surface area contributed by atoms with Crippen LogP contribution in [0.1, 0.15) is 11.3 Å². The number of guanidine groups is 2. The van der Waals surface area contributed by atoms with E-state index in [1.807, 2.05) is 6.92 Å². The molecule has 1 aromatic heterocycles. The van der Waals surface area contributed by atoms with E-state index in [-0.39, 0.29) is 17.7 Å². The Morgan fingerprint density at radius 1 is 1.30 bits per heavy atom. The average molecular weight is 276 g/mol. The van der Waals surface area contributed by atoms with E-state index in [2.05, 4.69) is 15.0 Å². The van der Waals surface area contributed by atoms with Gasteiger partial charge in [0.15, 0.2) is 5.96 Å². The Bertz CT molecular complexity index is 681. The van der Waals surface area contributed by atoms with Gasteiger partial charge in [0.05, 0.1) is 0 Å². The standard InChI is InChI=1S/C13H17FN6/c1-7-9(4-5-18-13(17)20-12(15)16)10-6-8(14)2-3-11(10)19-7/h2-3,6,19H,4-5H2,1H3,(H6,15,16,17,18,20). The maximum atomic E-state index is 13.3. The Morgan fingerprint density at radius 3 is 2.75 bits per heavy atom. The van der Waals surface area contributed by atoms with Crippen LogP contribution < -0.4 is 17.2 Å². The highest BCUT2D eigenvalue weighted by atomic mass is 19.1. The molecule has 0 unspecified atom stereocenters. The predicted octanol–water partition coefficient (Wildman–Crippen LogP) is 0.746. The van der Waals surface area contributed by atoms with Crippen LogP contribution in [0, 0.1) is 12.7 Å². The van der Waals surface area contributed by atoms with E-state index in [4.69, 9.17) is 17.2 Å². The largest absolute Gasteiger partial charge is 0.370 e. The molecule has 0 aliphatic heterocycles. The highest BCUT2D eigenvalue weighted by molar-refractivity contribution is 5.92. The number of fused-ring (bicyclic) bond motifs is 1. The van der Waals surface area contributed by atoms with E-state index in [1.54, 1.807) is 6.07 Å². The van der Waals surface area contributed by atoms with Crippen molar-refractivity contribution in [1.82, 2.24) is 4.98 Å². The Morgan fingerprint density at radius 2 is 2.05 bits per heavy atom. The first-order chi connectivity index (χ1) is 9.47. The molecule has 0 aliphatic rings. The van der Waals surface area contributed by atoms with Crippen LogP contribution in [-0.4, -0.2) is 23.4 Å². The van der Waals surface area contributed by atoms with Gasteiger partial charge in [-0.05, 0) is 37.1 Å². The summed E-state index contributed by atoms with van der Waals surface area (Å²) < 4.78 is 13.3. The number of rotatable bonds is 3. The summed E-state index contributed by atoms with van der Waals surface area (Å²) in [4.78, 5) is 10.9. The second kappa shape index (κ2) is 5.60. The van der Waals surface area contributed by atoms with E-state index in [0.29, 0.717) is 13.0 Å². The third-order valence-electron chi connectivity index (χ3n) is 2.96. The topological polar surface area (TPSA) is 119 Å². The molecule has 0 fully saturated rings.